The van der Waals surface area contributed by atoms with E-state index in [9.17, 15) is 13.2 Å². The molecule has 0 aromatic heterocycles. The molecule has 1 aliphatic rings. The van der Waals surface area contributed by atoms with Crippen LogP contribution in [0, 0.1) is 0 Å². The standard InChI is InChI=1S/C10H17NO3S/c1-2-15(13,14)10(12)4-3-9-5-7-11-8-6-9/h5,11H,2-4,6-8H2,1H3. The second kappa shape index (κ2) is 5.42. The second-order valence-electron chi connectivity index (χ2n) is 3.59. The molecule has 0 saturated carbocycles. The smallest absolute Gasteiger partial charge is 0.246 e. The van der Waals surface area contributed by atoms with Crippen molar-refractivity contribution in [2.24, 2.45) is 0 Å². The van der Waals surface area contributed by atoms with Crippen LogP contribution in [0.3, 0.4) is 0 Å². The van der Waals surface area contributed by atoms with Gasteiger partial charge in [0.2, 0.25) is 15.0 Å². The Kier molecular flexibility index (Phi) is 4.47. The minimum absolute atomic E-state index is 0.0908. The van der Waals surface area contributed by atoms with Crippen molar-refractivity contribution in [3.63, 3.8) is 0 Å². The average Bonchev–Trinajstić information content (AvgIpc) is 2.27. The quantitative estimate of drug-likeness (QED) is 0.721. The van der Waals surface area contributed by atoms with Crippen LogP contribution in [0.25, 0.3) is 0 Å². The lowest BCUT2D eigenvalue weighted by molar-refractivity contribution is -0.111. The lowest BCUT2D eigenvalue weighted by atomic mass is 10.0. The number of hydrogen-bond acceptors (Lipinski definition) is 4. The highest BCUT2D eigenvalue weighted by atomic mass is 32.2. The monoisotopic (exact) mass is 231 g/mol. The van der Waals surface area contributed by atoms with Gasteiger partial charge in [-0.15, -0.1) is 0 Å². The predicted octanol–water partition coefficient (Wildman–Crippen LogP) is 0.648. The molecule has 15 heavy (non-hydrogen) atoms. The lowest BCUT2D eigenvalue weighted by Crippen LogP contribution is -2.21. The average molecular weight is 231 g/mol. The summed E-state index contributed by atoms with van der Waals surface area (Å²) >= 11 is 0. The van der Waals surface area contributed by atoms with E-state index in [1.807, 2.05) is 6.08 Å². The largest absolute Gasteiger partial charge is 0.313 e. The molecule has 1 N–H and O–H groups in total. The van der Waals surface area contributed by atoms with E-state index in [2.05, 4.69) is 5.32 Å². The van der Waals surface area contributed by atoms with Gasteiger partial charge in [-0.2, -0.15) is 0 Å². The Morgan fingerprint density at radius 1 is 1.53 bits per heavy atom. The van der Waals surface area contributed by atoms with Crippen molar-refractivity contribution < 1.29 is 13.2 Å². The molecule has 0 aromatic carbocycles. The molecule has 86 valence electrons. The normalized spacial score (nSPS) is 17.3. The predicted molar refractivity (Wildman–Crippen MR) is 59.3 cm³/mol. The molecular formula is C10H17NO3S. The van der Waals surface area contributed by atoms with Crippen molar-refractivity contribution in [1.82, 2.24) is 5.32 Å². The number of sulfone groups is 1. The number of carbonyl (C=O) groups excluding carboxylic acids is 1. The van der Waals surface area contributed by atoms with Crippen LogP contribution in [0.4, 0.5) is 0 Å². The van der Waals surface area contributed by atoms with Crippen molar-refractivity contribution in [2.75, 3.05) is 18.8 Å². The molecule has 0 spiro atoms. The first-order chi connectivity index (χ1) is 7.06. The third-order valence-corrected chi connectivity index (χ3v) is 4.19. The molecule has 1 heterocycles. The Hall–Kier alpha value is -0.680. The molecule has 1 aliphatic heterocycles. The molecule has 0 radical (unpaired) electrons. The molecule has 0 unspecified atom stereocenters. The van der Waals surface area contributed by atoms with Crippen molar-refractivity contribution >= 4 is 15.0 Å². The summed E-state index contributed by atoms with van der Waals surface area (Å²) in [4.78, 5) is 11.3. The molecule has 0 saturated heterocycles. The summed E-state index contributed by atoms with van der Waals surface area (Å²) in [5, 5.41) is 2.54. The van der Waals surface area contributed by atoms with Crippen LogP contribution in [0.5, 0.6) is 0 Å². The Balaban J connectivity index is 2.43. The highest BCUT2D eigenvalue weighted by molar-refractivity contribution is 8.06. The molecule has 4 nitrogen and oxygen atoms in total. The molecule has 0 aliphatic carbocycles. The summed E-state index contributed by atoms with van der Waals surface area (Å²) < 4.78 is 22.4. The first-order valence-electron chi connectivity index (χ1n) is 5.20. The van der Waals surface area contributed by atoms with E-state index in [0.717, 1.165) is 19.5 Å². The summed E-state index contributed by atoms with van der Waals surface area (Å²) in [7, 11) is -3.48. The van der Waals surface area contributed by atoms with E-state index in [1.54, 1.807) is 0 Å². The number of rotatable bonds is 4. The molecule has 0 aromatic rings. The zero-order valence-electron chi connectivity index (χ0n) is 8.95. The van der Waals surface area contributed by atoms with E-state index in [1.165, 1.54) is 12.5 Å². The van der Waals surface area contributed by atoms with Crippen molar-refractivity contribution in [1.29, 1.82) is 0 Å². The third kappa shape index (κ3) is 3.76. The van der Waals surface area contributed by atoms with Crippen LogP contribution in [0.1, 0.15) is 26.2 Å². The molecule has 0 amide bonds. The zero-order valence-corrected chi connectivity index (χ0v) is 9.77. The lowest BCUT2D eigenvalue weighted by Gasteiger charge is -2.13. The maximum Gasteiger partial charge on any atom is 0.246 e. The fraction of sp³-hybridized carbons (Fsp3) is 0.700. The minimum atomic E-state index is -3.48. The van der Waals surface area contributed by atoms with Crippen LogP contribution in [-0.2, 0) is 14.6 Å². The Morgan fingerprint density at radius 3 is 2.80 bits per heavy atom. The van der Waals surface area contributed by atoms with Gasteiger partial charge in [0.05, 0.1) is 5.75 Å². The molecular weight excluding hydrogens is 214 g/mol. The molecule has 0 atom stereocenters. The minimum Gasteiger partial charge on any atom is -0.313 e. The van der Waals surface area contributed by atoms with Gasteiger partial charge in [0.25, 0.3) is 0 Å². The molecule has 1 rings (SSSR count). The van der Waals surface area contributed by atoms with Gasteiger partial charge >= 0.3 is 0 Å². The van der Waals surface area contributed by atoms with Crippen molar-refractivity contribution in [3.8, 4) is 0 Å². The zero-order chi connectivity index (χ0) is 11.3. The summed E-state index contributed by atoms with van der Waals surface area (Å²) in [6.45, 7) is 3.24. The highest BCUT2D eigenvalue weighted by Gasteiger charge is 2.19. The van der Waals surface area contributed by atoms with Gasteiger partial charge in [-0.3, -0.25) is 4.79 Å². The van der Waals surface area contributed by atoms with E-state index in [4.69, 9.17) is 0 Å². The van der Waals surface area contributed by atoms with Crippen LogP contribution in [0.2, 0.25) is 0 Å². The first-order valence-corrected chi connectivity index (χ1v) is 6.85. The fourth-order valence-corrected chi connectivity index (χ4v) is 2.21. The number of nitrogens with one attached hydrogen (secondary N) is 1. The second-order valence-corrected chi connectivity index (χ2v) is 5.85. The Morgan fingerprint density at radius 2 is 2.27 bits per heavy atom. The number of hydrogen-bond donors (Lipinski definition) is 1. The van der Waals surface area contributed by atoms with Gasteiger partial charge in [0.1, 0.15) is 0 Å². The van der Waals surface area contributed by atoms with Gasteiger partial charge in [0, 0.05) is 13.0 Å². The summed E-state index contributed by atoms with van der Waals surface area (Å²) in [5.74, 6) is -0.0908. The molecule has 5 heteroatoms. The Bertz CT molecular complexity index is 357. The van der Waals surface area contributed by atoms with E-state index >= 15 is 0 Å². The topological polar surface area (TPSA) is 63.2 Å². The number of carbonyl (C=O) groups is 1. The van der Waals surface area contributed by atoms with Gasteiger partial charge in [-0.25, -0.2) is 8.42 Å². The van der Waals surface area contributed by atoms with Crippen molar-refractivity contribution in [3.05, 3.63) is 11.6 Å². The summed E-state index contributed by atoms with van der Waals surface area (Å²) in [5.41, 5.74) is 1.19. The van der Waals surface area contributed by atoms with Gasteiger partial charge in [0.15, 0.2) is 0 Å². The van der Waals surface area contributed by atoms with Crippen LogP contribution >= 0.6 is 0 Å². The molecule has 0 bridgehead atoms. The first kappa shape index (κ1) is 12.4. The van der Waals surface area contributed by atoms with E-state index in [0.29, 0.717) is 6.42 Å². The van der Waals surface area contributed by atoms with E-state index in [-0.39, 0.29) is 12.2 Å². The summed E-state index contributed by atoms with van der Waals surface area (Å²) in [6.07, 6.45) is 3.66. The van der Waals surface area contributed by atoms with Crippen LogP contribution in [0.15, 0.2) is 11.6 Å². The van der Waals surface area contributed by atoms with Crippen LogP contribution in [-0.4, -0.2) is 32.4 Å². The van der Waals surface area contributed by atoms with Crippen molar-refractivity contribution in [2.45, 2.75) is 26.2 Å². The highest BCUT2D eigenvalue weighted by Crippen LogP contribution is 2.13. The maximum atomic E-state index is 11.3. The third-order valence-electron chi connectivity index (χ3n) is 2.54. The SMILES string of the molecule is CCS(=O)(=O)C(=O)CCC1=CCNCC1. The van der Waals surface area contributed by atoms with Crippen LogP contribution < -0.4 is 5.32 Å². The summed E-state index contributed by atoms with van der Waals surface area (Å²) in [6, 6.07) is 0. The maximum absolute atomic E-state index is 11.3. The van der Waals surface area contributed by atoms with Gasteiger partial charge in [-0.05, 0) is 19.4 Å². The van der Waals surface area contributed by atoms with Gasteiger partial charge < -0.3 is 5.32 Å². The van der Waals surface area contributed by atoms with E-state index < -0.39 is 15.0 Å². The molecule has 0 fully saturated rings. The Labute approximate surface area is 90.7 Å². The fourth-order valence-electron chi connectivity index (χ4n) is 1.48. The van der Waals surface area contributed by atoms with Gasteiger partial charge in [-0.1, -0.05) is 18.6 Å².